The number of rotatable bonds is 2. The van der Waals surface area contributed by atoms with Gasteiger partial charge in [-0.05, 0) is 37.6 Å². The summed E-state index contributed by atoms with van der Waals surface area (Å²) in [5.41, 5.74) is 2.86. The number of para-hydroxylation sites is 1. The van der Waals surface area contributed by atoms with Gasteiger partial charge in [-0.25, -0.2) is 0 Å². The molecule has 92 valence electrons. The molecule has 0 spiro atoms. The highest BCUT2D eigenvalue weighted by Crippen LogP contribution is 2.21. The number of phenols is 1. The summed E-state index contributed by atoms with van der Waals surface area (Å²) >= 11 is 0. The number of carbonyl (C=O) groups is 1. The first kappa shape index (κ1) is 12.2. The molecule has 0 saturated heterocycles. The molecular weight excluding hydrogens is 226 g/mol. The SMILES string of the molecule is Cc1ccccc1NC(=O)c1cccc(O)c1C. The van der Waals surface area contributed by atoms with Gasteiger partial charge in [-0.15, -0.1) is 0 Å². The molecule has 0 aliphatic carbocycles. The molecule has 2 N–H and O–H groups in total. The van der Waals surface area contributed by atoms with Crippen molar-refractivity contribution in [3.05, 3.63) is 59.2 Å². The fourth-order valence-corrected chi connectivity index (χ4v) is 1.77. The normalized spacial score (nSPS) is 10.1. The van der Waals surface area contributed by atoms with Gasteiger partial charge in [-0.2, -0.15) is 0 Å². The van der Waals surface area contributed by atoms with Crippen molar-refractivity contribution in [3.63, 3.8) is 0 Å². The van der Waals surface area contributed by atoms with Crippen LogP contribution in [-0.4, -0.2) is 11.0 Å². The zero-order valence-corrected chi connectivity index (χ0v) is 10.4. The molecule has 18 heavy (non-hydrogen) atoms. The predicted octanol–water partition coefficient (Wildman–Crippen LogP) is 3.26. The van der Waals surface area contributed by atoms with Crippen LogP contribution in [0.15, 0.2) is 42.5 Å². The molecule has 0 saturated carbocycles. The van der Waals surface area contributed by atoms with Crippen molar-refractivity contribution in [2.45, 2.75) is 13.8 Å². The van der Waals surface area contributed by atoms with E-state index in [-0.39, 0.29) is 11.7 Å². The molecule has 3 nitrogen and oxygen atoms in total. The first-order valence-corrected chi connectivity index (χ1v) is 5.75. The van der Waals surface area contributed by atoms with Crippen LogP contribution in [0, 0.1) is 13.8 Å². The molecule has 1 amide bonds. The Labute approximate surface area is 106 Å². The van der Waals surface area contributed by atoms with Crippen LogP contribution in [0.2, 0.25) is 0 Å². The van der Waals surface area contributed by atoms with E-state index in [0.717, 1.165) is 11.3 Å². The molecule has 0 unspecified atom stereocenters. The van der Waals surface area contributed by atoms with Crippen LogP contribution in [0.1, 0.15) is 21.5 Å². The lowest BCUT2D eigenvalue weighted by molar-refractivity contribution is 0.102. The lowest BCUT2D eigenvalue weighted by atomic mass is 10.1. The third-order valence-corrected chi connectivity index (χ3v) is 2.94. The van der Waals surface area contributed by atoms with Gasteiger partial charge in [0.15, 0.2) is 0 Å². The molecule has 0 aliphatic rings. The van der Waals surface area contributed by atoms with Crippen LogP contribution in [0.25, 0.3) is 0 Å². The summed E-state index contributed by atoms with van der Waals surface area (Å²) in [6.45, 7) is 3.66. The molecule has 0 aromatic heterocycles. The number of aryl methyl sites for hydroxylation is 1. The highest BCUT2D eigenvalue weighted by atomic mass is 16.3. The maximum Gasteiger partial charge on any atom is 0.256 e. The average Bonchev–Trinajstić information content (AvgIpc) is 2.35. The monoisotopic (exact) mass is 241 g/mol. The summed E-state index contributed by atoms with van der Waals surface area (Å²) in [5, 5.41) is 12.4. The minimum atomic E-state index is -0.210. The third-order valence-electron chi connectivity index (χ3n) is 2.94. The number of anilines is 1. The fourth-order valence-electron chi connectivity index (χ4n) is 1.77. The molecule has 0 fully saturated rings. The van der Waals surface area contributed by atoms with Gasteiger partial charge in [-0.1, -0.05) is 24.3 Å². The minimum Gasteiger partial charge on any atom is -0.508 e. The topological polar surface area (TPSA) is 49.3 Å². The quantitative estimate of drug-likeness (QED) is 0.847. The Bertz CT molecular complexity index is 591. The van der Waals surface area contributed by atoms with Crippen LogP contribution >= 0.6 is 0 Å². The van der Waals surface area contributed by atoms with E-state index < -0.39 is 0 Å². The third kappa shape index (κ3) is 2.35. The molecule has 0 atom stereocenters. The molecule has 2 rings (SSSR count). The van der Waals surface area contributed by atoms with E-state index in [4.69, 9.17) is 0 Å². The maximum atomic E-state index is 12.1. The summed E-state index contributed by atoms with van der Waals surface area (Å²) in [4.78, 5) is 12.1. The zero-order valence-electron chi connectivity index (χ0n) is 10.4. The Morgan fingerprint density at radius 1 is 1.06 bits per heavy atom. The van der Waals surface area contributed by atoms with Gasteiger partial charge in [0.25, 0.3) is 5.91 Å². The van der Waals surface area contributed by atoms with E-state index in [0.29, 0.717) is 11.1 Å². The number of nitrogens with one attached hydrogen (secondary N) is 1. The number of hydrogen-bond acceptors (Lipinski definition) is 2. The Morgan fingerprint density at radius 3 is 2.50 bits per heavy atom. The minimum absolute atomic E-state index is 0.132. The van der Waals surface area contributed by atoms with Gasteiger partial charge < -0.3 is 10.4 Å². The largest absolute Gasteiger partial charge is 0.508 e. The van der Waals surface area contributed by atoms with Crippen LogP contribution in [0.4, 0.5) is 5.69 Å². The predicted molar refractivity (Wildman–Crippen MR) is 72.0 cm³/mol. The number of aromatic hydroxyl groups is 1. The van der Waals surface area contributed by atoms with Crippen molar-refractivity contribution < 1.29 is 9.90 Å². The number of hydrogen-bond donors (Lipinski definition) is 2. The highest BCUT2D eigenvalue weighted by Gasteiger charge is 2.12. The first-order valence-electron chi connectivity index (χ1n) is 5.75. The van der Waals surface area contributed by atoms with Gasteiger partial charge in [0.2, 0.25) is 0 Å². The number of carbonyl (C=O) groups excluding carboxylic acids is 1. The zero-order chi connectivity index (χ0) is 13.1. The Morgan fingerprint density at radius 2 is 1.78 bits per heavy atom. The molecule has 0 heterocycles. The highest BCUT2D eigenvalue weighted by molar-refractivity contribution is 6.05. The fraction of sp³-hybridized carbons (Fsp3) is 0.133. The molecule has 3 heteroatoms. The lowest BCUT2D eigenvalue weighted by Crippen LogP contribution is -2.14. The average molecular weight is 241 g/mol. The van der Waals surface area contributed by atoms with E-state index in [1.54, 1.807) is 25.1 Å². The van der Waals surface area contributed by atoms with Crippen molar-refractivity contribution in [3.8, 4) is 5.75 Å². The van der Waals surface area contributed by atoms with E-state index in [2.05, 4.69) is 5.32 Å². The molecule has 0 aliphatic heterocycles. The van der Waals surface area contributed by atoms with Crippen molar-refractivity contribution in [2.24, 2.45) is 0 Å². The van der Waals surface area contributed by atoms with E-state index in [9.17, 15) is 9.90 Å². The summed E-state index contributed by atoms with van der Waals surface area (Å²) in [5.74, 6) is -0.0786. The number of phenolic OH excluding ortho intramolecular Hbond substituents is 1. The standard InChI is InChI=1S/C15H15NO2/c1-10-6-3-4-8-13(10)16-15(18)12-7-5-9-14(17)11(12)2/h3-9,17H,1-2H3,(H,16,18). The van der Waals surface area contributed by atoms with Crippen LogP contribution in [-0.2, 0) is 0 Å². The van der Waals surface area contributed by atoms with Gasteiger partial charge in [0, 0.05) is 16.8 Å². The summed E-state index contributed by atoms with van der Waals surface area (Å²) in [7, 11) is 0. The van der Waals surface area contributed by atoms with Gasteiger partial charge >= 0.3 is 0 Å². The summed E-state index contributed by atoms with van der Waals surface area (Å²) in [6, 6.07) is 12.5. The Hall–Kier alpha value is -2.29. The van der Waals surface area contributed by atoms with Gasteiger partial charge in [0.05, 0.1) is 0 Å². The van der Waals surface area contributed by atoms with Crippen LogP contribution in [0.5, 0.6) is 5.75 Å². The van der Waals surface area contributed by atoms with Crippen molar-refractivity contribution in [2.75, 3.05) is 5.32 Å². The Kier molecular flexibility index (Phi) is 3.33. The lowest BCUT2D eigenvalue weighted by Gasteiger charge is -2.10. The van der Waals surface area contributed by atoms with Crippen molar-refractivity contribution in [1.82, 2.24) is 0 Å². The van der Waals surface area contributed by atoms with Gasteiger partial charge in [0.1, 0.15) is 5.75 Å². The van der Waals surface area contributed by atoms with Crippen molar-refractivity contribution in [1.29, 1.82) is 0 Å². The molecule has 0 bridgehead atoms. The smallest absolute Gasteiger partial charge is 0.256 e. The second-order valence-corrected chi connectivity index (χ2v) is 4.22. The molecule has 0 radical (unpaired) electrons. The summed E-state index contributed by atoms with van der Waals surface area (Å²) < 4.78 is 0. The van der Waals surface area contributed by atoms with E-state index in [1.807, 2.05) is 31.2 Å². The van der Waals surface area contributed by atoms with Crippen LogP contribution < -0.4 is 5.32 Å². The number of benzene rings is 2. The molecular formula is C15H15NO2. The van der Waals surface area contributed by atoms with Gasteiger partial charge in [-0.3, -0.25) is 4.79 Å². The first-order chi connectivity index (χ1) is 8.59. The molecule has 2 aromatic rings. The van der Waals surface area contributed by atoms with E-state index in [1.165, 1.54) is 0 Å². The Balaban J connectivity index is 2.28. The van der Waals surface area contributed by atoms with E-state index >= 15 is 0 Å². The maximum absolute atomic E-state index is 12.1. The molecule has 2 aromatic carbocycles. The second kappa shape index (κ2) is 4.92. The van der Waals surface area contributed by atoms with Crippen LogP contribution in [0.3, 0.4) is 0 Å². The van der Waals surface area contributed by atoms with Crippen molar-refractivity contribution >= 4 is 11.6 Å². The summed E-state index contributed by atoms with van der Waals surface area (Å²) in [6.07, 6.45) is 0. The second-order valence-electron chi connectivity index (χ2n) is 4.22. The number of amides is 1.